The Hall–Kier alpha value is -3.49. The maximum atomic E-state index is 13.6. The smallest absolute Gasteiger partial charge is 0.297 e. The molecule has 1 aliphatic heterocycles. The fourth-order valence-electron chi connectivity index (χ4n) is 4.02. The Kier molecular flexibility index (Phi) is 5.93. The van der Waals surface area contributed by atoms with E-state index in [0.29, 0.717) is 33.5 Å². The van der Waals surface area contributed by atoms with Crippen molar-refractivity contribution in [3.8, 4) is 5.75 Å². The molecule has 1 amide bonds. The average Bonchev–Trinajstić information content (AvgIpc) is 3.41. The Bertz CT molecular complexity index is 1460. The van der Waals surface area contributed by atoms with Crippen molar-refractivity contribution in [2.45, 2.75) is 25.8 Å². The third kappa shape index (κ3) is 3.78. The van der Waals surface area contributed by atoms with Crippen LogP contribution in [0.2, 0.25) is 5.02 Å². The van der Waals surface area contributed by atoms with E-state index in [4.69, 9.17) is 20.8 Å². The summed E-state index contributed by atoms with van der Waals surface area (Å²) in [7, 11) is 0. The minimum absolute atomic E-state index is 0.00375. The second-order valence-corrected chi connectivity index (χ2v) is 9.27. The van der Waals surface area contributed by atoms with E-state index in [1.54, 1.807) is 36.4 Å². The van der Waals surface area contributed by atoms with Gasteiger partial charge in [-0.05, 0) is 42.3 Å². The number of halogens is 1. The van der Waals surface area contributed by atoms with E-state index in [1.165, 1.54) is 16.2 Å². The van der Waals surface area contributed by atoms with Crippen LogP contribution in [0.1, 0.15) is 46.1 Å². The first-order valence-corrected chi connectivity index (χ1v) is 12.0. The molecule has 1 aliphatic rings. The maximum Gasteiger partial charge on any atom is 0.297 e. The lowest BCUT2D eigenvalue weighted by molar-refractivity contribution is 0.0970. The van der Waals surface area contributed by atoms with Gasteiger partial charge in [0.15, 0.2) is 5.43 Å². The number of benzene rings is 2. The van der Waals surface area contributed by atoms with Crippen LogP contribution in [0.15, 0.2) is 64.3 Å². The highest BCUT2D eigenvalue weighted by molar-refractivity contribution is 7.15. The highest BCUT2D eigenvalue weighted by Crippen LogP contribution is 2.42. The molecule has 0 bridgehead atoms. The van der Waals surface area contributed by atoms with E-state index in [2.05, 4.69) is 23.7 Å². The van der Waals surface area contributed by atoms with Crippen LogP contribution in [0.3, 0.4) is 0 Å². The summed E-state index contributed by atoms with van der Waals surface area (Å²) >= 11 is 7.48. The fraction of sp³-hybridized carbons (Fsp3) is 0.200. The quantitative estimate of drug-likeness (QED) is 0.313. The second kappa shape index (κ2) is 9.04. The number of carbonyl (C=O) groups excluding carboxylic acids is 1. The molecule has 0 saturated carbocycles. The Morgan fingerprint density at radius 1 is 1.21 bits per heavy atom. The van der Waals surface area contributed by atoms with E-state index in [0.717, 1.165) is 23.4 Å². The highest BCUT2D eigenvalue weighted by Gasteiger charge is 2.45. The predicted octanol–water partition coefficient (Wildman–Crippen LogP) is 5.57. The normalized spacial score (nSPS) is 15.1. The van der Waals surface area contributed by atoms with Crippen molar-refractivity contribution >= 4 is 44.9 Å². The molecule has 0 spiro atoms. The average molecular weight is 494 g/mol. The summed E-state index contributed by atoms with van der Waals surface area (Å²) < 4.78 is 11.5. The van der Waals surface area contributed by atoms with Gasteiger partial charge in [0.2, 0.25) is 10.9 Å². The minimum atomic E-state index is -0.724. The van der Waals surface area contributed by atoms with E-state index in [1.807, 2.05) is 12.1 Å². The molecule has 0 fully saturated rings. The van der Waals surface area contributed by atoms with E-state index >= 15 is 0 Å². The van der Waals surface area contributed by atoms with Crippen molar-refractivity contribution in [3.63, 3.8) is 0 Å². The van der Waals surface area contributed by atoms with Crippen LogP contribution in [0, 0.1) is 0 Å². The molecule has 1 unspecified atom stereocenters. The molecule has 2 aromatic heterocycles. The first kappa shape index (κ1) is 22.3. The van der Waals surface area contributed by atoms with Crippen LogP contribution in [-0.4, -0.2) is 22.7 Å². The highest BCUT2D eigenvalue weighted by atomic mass is 35.5. The number of anilines is 1. The zero-order valence-electron chi connectivity index (χ0n) is 18.3. The topological polar surface area (TPSA) is 85.5 Å². The molecule has 1 atom stereocenters. The van der Waals surface area contributed by atoms with Crippen LogP contribution < -0.4 is 15.1 Å². The molecule has 0 saturated heterocycles. The minimum Gasteiger partial charge on any atom is -0.490 e. The Balaban J connectivity index is 1.69. The van der Waals surface area contributed by atoms with Crippen molar-refractivity contribution < 1.29 is 13.9 Å². The monoisotopic (exact) mass is 493 g/mol. The standard InChI is InChI=1S/C25H20ClN3O4S/c1-3-5-19-27-28-25(34-19)29-21(14-6-9-16(10-7-14)32-12-4-2)20-22(30)17-13-15(26)8-11-18(17)33-23(20)24(29)31/h4,6-11,13,21H,2-3,5,12H2,1H3. The van der Waals surface area contributed by atoms with Crippen molar-refractivity contribution in [2.75, 3.05) is 11.5 Å². The van der Waals surface area contributed by atoms with E-state index < -0.39 is 11.9 Å². The lowest BCUT2D eigenvalue weighted by atomic mass is 9.98. The Labute approximate surface area is 204 Å². The Morgan fingerprint density at radius 3 is 2.74 bits per heavy atom. The van der Waals surface area contributed by atoms with Crippen LogP contribution in [0.4, 0.5) is 5.13 Å². The summed E-state index contributed by atoms with van der Waals surface area (Å²) in [5.41, 5.74) is 0.981. The van der Waals surface area contributed by atoms with Gasteiger partial charge in [0.1, 0.15) is 22.9 Å². The lowest BCUT2D eigenvalue weighted by Gasteiger charge is -2.22. The summed E-state index contributed by atoms with van der Waals surface area (Å²) in [6.45, 7) is 6.08. The van der Waals surface area contributed by atoms with Crippen molar-refractivity contribution in [1.29, 1.82) is 0 Å². The van der Waals surface area contributed by atoms with Gasteiger partial charge in [-0.1, -0.05) is 54.6 Å². The molecule has 9 heteroatoms. The summed E-state index contributed by atoms with van der Waals surface area (Å²) in [5, 5.41) is 10.5. The predicted molar refractivity (Wildman–Crippen MR) is 132 cm³/mol. The summed E-state index contributed by atoms with van der Waals surface area (Å²) in [6, 6.07) is 11.3. The van der Waals surface area contributed by atoms with Gasteiger partial charge >= 0.3 is 0 Å². The van der Waals surface area contributed by atoms with Crippen molar-refractivity contribution in [3.05, 3.63) is 92.3 Å². The number of nitrogens with zero attached hydrogens (tertiary/aromatic N) is 3. The molecule has 0 N–H and O–H groups in total. The van der Waals surface area contributed by atoms with Crippen molar-refractivity contribution in [2.24, 2.45) is 0 Å². The number of aryl methyl sites for hydroxylation is 1. The summed E-state index contributed by atoms with van der Waals surface area (Å²) in [4.78, 5) is 28.7. The number of amides is 1. The molecule has 0 aliphatic carbocycles. The zero-order chi connectivity index (χ0) is 23.8. The van der Waals surface area contributed by atoms with Crippen LogP contribution in [0.5, 0.6) is 5.75 Å². The molecule has 3 heterocycles. The lowest BCUT2D eigenvalue weighted by Crippen LogP contribution is -2.29. The van der Waals surface area contributed by atoms with Crippen LogP contribution in [-0.2, 0) is 6.42 Å². The summed E-state index contributed by atoms with van der Waals surface area (Å²) in [6.07, 6.45) is 3.32. The SMILES string of the molecule is C=CCOc1ccc(C2c3c(oc4ccc(Cl)cc4c3=O)C(=O)N2c2nnc(CCC)s2)cc1. The molecule has 34 heavy (non-hydrogen) atoms. The molecule has 4 aromatic rings. The first-order valence-electron chi connectivity index (χ1n) is 10.8. The first-order chi connectivity index (χ1) is 16.5. The molecule has 0 radical (unpaired) electrons. The van der Waals surface area contributed by atoms with Gasteiger partial charge < -0.3 is 9.15 Å². The zero-order valence-corrected chi connectivity index (χ0v) is 19.9. The van der Waals surface area contributed by atoms with Gasteiger partial charge in [0.25, 0.3) is 5.91 Å². The number of hydrogen-bond donors (Lipinski definition) is 0. The number of rotatable bonds is 7. The van der Waals surface area contributed by atoms with Gasteiger partial charge in [-0.3, -0.25) is 14.5 Å². The largest absolute Gasteiger partial charge is 0.490 e. The fourth-order valence-corrected chi connectivity index (χ4v) is 5.16. The second-order valence-electron chi connectivity index (χ2n) is 7.79. The van der Waals surface area contributed by atoms with Crippen molar-refractivity contribution in [1.82, 2.24) is 10.2 Å². The number of ether oxygens (including phenoxy) is 1. The number of carbonyl (C=O) groups is 1. The molecular formula is C25H20ClN3O4S. The number of hydrogen-bond acceptors (Lipinski definition) is 7. The molecule has 172 valence electrons. The van der Waals surface area contributed by atoms with Gasteiger partial charge in [-0.2, -0.15) is 0 Å². The summed E-state index contributed by atoms with van der Waals surface area (Å²) in [5.74, 6) is 0.224. The van der Waals surface area contributed by atoms with Gasteiger partial charge in [-0.25, -0.2) is 0 Å². The third-order valence-electron chi connectivity index (χ3n) is 5.52. The maximum absolute atomic E-state index is 13.6. The molecular weight excluding hydrogens is 474 g/mol. The van der Waals surface area contributed by atoms with Gasteiger partial charge in [-0.15, -0.1) is 10.2 Å². The van der Waals surface area contributed by atoms with Crippen LogP contribution >= 0.6 is 22.9 Å². The molecule has 7 nitrogen and oxygen atoms in total. The van der Waals surface area contributed by atoms with E-state index in [9.17, 15) is 9.59 Å². The third-order valence-corrected chi connectivity index (χ3v) is 6.74. The van der Waals surface area contributed by atoms with Gasteiger partial charge in [0, 0.05) is 11.4 Å². The van der Waals surface area contributed by atoms with Crippen LogP contribution in [0.25, 0.3) is 11.0 Å². The molecule has 5 rings (SSSR count). The number of aromatic nitrogens is 2. The van der Waals surface area contributed by atoms with Gasteiger partial charge in [0.05, 0.1) is 17.0 Å². The Morgan fingerprint density at radius 2 is 2.00 bits per heavy atom. The molecule has 2 aromatic carbocycles. The van der Waals surface area contributed by atoms with E-state index in [-0.39, 0.29) is 16.8 Å². The number of fused-ring (bicyclic) bond motifs is 2.